The smallest absolute Gasteiger partial charge is 0.355 e. The number of carbonyl (C=O) groups is 1. The van der Waals surface area contributed by atoms with Crippen molar-refractivity contribution in [3.63, 3.8) is 0 Å². The van der Waals surface area contributed by atoms with Gasteiger partial charge in [0.05, 0.1) is 11.1 Å². The normalized spacial score (nSPS) is 10.3. The minimum absolute atomic E-state index is 0.0631. The SMILES string of the molecule is Cn1cc([N+](=O)[O-])cc1C(=O)OCc1cccc(F)c1. The second kappa shape index (κ2) is 5.52. The van der Waals surface area contributed by atoms with E-state index in [9.17, 15) is 19.3 Å². The molecule has 2 rings (SSSR count). The molecule has 0 saturated carbocycles. The van der Waals surface area contributed by atoms with Crippen LogP contribution in [-0.4, -0.2) is 15.5 Å². The lowest BCUT2D eigenvalue weighted by Crippen LogP contribution is -2.09. The van der Waals surface area contributed by atoms with Gasteiger partial charge in [-0.25, -0.2) is 9.18 Å². The van der Waals surface area contributed by atoms with Crippen LogP contribution in [0.15, 0.2) is 36.5 Å². The van der Waals surface area contributed by atoms with E-state index >= 15 is 0 Å². The lowest BCUT2D eigenvalue weighted by atomic mass is 10.2. The zero-order valence-corrected chi connectivity index (χ0v) is 10.6. The third kappa shape index (κ3) is 3.00. The van der Waals surface area contributed by atoms with Gasteiger partial charge in [-0.1, -0.05) is 12.1 Å². The summed E-state index contributed by atoms with van der Waals surface area (Å²) in [5.41, 5.74) is 0.375. The van der Waals surface area contributed by atoms with E-state index in [1.165, 1.54) is 36.0 Å². The molecule has 0 aliphatic rings. The topological polar surface area (TPSA) is 74.4 Å². The molecule has 0 unspecified atom stereocenters. The van der Waals surface area contributed by atoms with E-state index in [1.54, 1.807) is 6.07 Å². The first-order valence-corrected chi connectivity index (χ1v) is 5.69. The minimum Gasteiger partial charge on any atom is -0.456 e. The van der Waals surface area contributed by atoms with Gasteiger partial charge in [0.2, 0.25) is 0 Å². The number of nitro groups is 1. The minimum atomic E-state index is -0.704. The van der Waals surface area contributed by atoms with E-state index in [-0.39, 0.29) is 18.0 Å². The first kappa shape index (κ1) is 13.7. The van der Waals surface area contributed by atoms with Gasteiger partial charge in [0, 0.05) is 13.1 Å². The molecule has 0 atom stereocenters. The fourth-order valence-electron chi connectivity index (χ4n) is 1.70. The van der Waals surface area contributed by atoms with Crippen molar-refractivity contribution >= 4 is 11.7 Å². The summed E-state index contributed by atoms with van der Waals surface area (Å²) in [5.74, 6) is -1.13. The highest BCUT2D eigenvalue weighted by molar-refractivity contribution is 5.88. The number of nitrogens with zero attached hydrogens (tertiary/aromatic N) is 2. The molecule has 0 spiro atoms. The molecule has 0 amide bonds. The van der Waals surface area contributed by atoms with E-state index in [0.717, 1.165) is 6.07 Å². The standard InChI is InChI=1S/C13H11FN2O4/c1-15-7-11(16(18)19)6-12(15)13(17)20-8-9-3-2-4-10(14)5-9/h2-7H,8H2,1H3. The number of halogens is 1. The van der Waals surface area contributed by atoms with Gasteiger partial charge in [-0.15, -0.1) is 0 Å². The molecule has 0 aliphatic carbocycles. The molecule has 0 saturated heterocycles. The molecule has 6 nitrogen and oxygen atoms in total. The maximum atomic E-state index is 13.0. The molecule has 2 aromatic rings. The van der Waals surface area contributed by atoms with Crippen LogP contribution in [0.2, 0.25) is 0 Å². The van der Waals surface area contributed by atoms with Gasteiger partial charge in [0.15, 0.2) is 0 Å². The Morgan fingerprint density at radius 1 is 1.45 bits per heavy atom. The Kier molecular flexibility index (Phi) is 3.79. The van der Waals surface area contributed by atoms with Crippen molar-refractivity contribution in [3.8, 4) is 0 Å². The first-order valence-electron chi connectivity index (χ1n) is 5.69. The molecular weight excluding hydrogens is 267 g/mol. The van der Waals surface area contributed by atoms with Gasteiger partial charge < -0.3 is 9.30 Å². The molecule has 0 fully saturated rings. The highest BCUT2D eigenvalue weighted by Gasteiger charge is 2.18. The molecule has 0 radical (unpaired) electrons. The fraction of sp³-hybridized carbons (Fsp3) is 0.154. The van der Waals surface area contributed by atoms with Gasteiger partial charge >= 0.3 is 5.97 Å². The Bertz CT molecular complexity index is 666. The van der Waals surface area contributed by atoms with Gasteiger partial charge in [-0.2, -0.15) is 0 Å². The van der Waals surface area contributed by atoms with Crippen LogP contribution in [0.3, 0.4) is 0 Å². The third-order valence-electron chi connectivity index (χ3n) is 2.67. The van der Waals surface area contributed by atoms with Crippen molar-refractivity contribution in [2.75, 3.05) is 0 Å². The number of hydrogen-bond acceptors (Lipinski definition) is 4. The molecule has 1 heterocycles. The largest absolute Gasteiger partial charge is 0.456 e. The van der Waals surface area contributed by atoms with Crippen molar-refractivity contribution in [2.45, 2.75) is 6.61 Å². The summed E-state index contributed by atoms with van der Waals surface area (Å²) in [6, 6.07) is 6.79. The van der Waals surface area contributed by atoms with E-state index in [1.807, 2.05) is 0 Å². The van der Waals surface area contributed by atoms with Crippen molar-refractivity contribution < 1.29 is 18.8 Å². The third-order valence-corrected chi connectivity index (χ3v) is 2.67. The Labute approximate surface area is 113 Å². The predicted octanol–water partition coefficient (Wildman–Crippen LogP) is 2.43. The summed E-state index contributed by atoms with van der Waals surface area (Å²) >= 11 is 0. The Morgan fingerprint density at radius 2 is 2.20 bits per heavy atom. The fourth-order valence-corrected chi connectivity index (χ4v) is 1.70. The number of aromatic nitrogens is 1. The van der Waals surface area contributed by atoms with Gasteiger partial charge in [-0.05, 0) is 17.7 Å². The maximum Gasteiger partial charge on any atom is 0.355 e. The molecule has 0 aliphatic heterocycles. The van der Waals surface area contributed by atoms with Gasteiger partial charge in [0.25, 0.3) is 5.69 Å². The zero-order chi connectivity index (χ0) is 14.7. The lowest BCUT2D eigenvalue weighted by Gasteiger charge is -2.05. The summed E-state index contributed by atoms with van der Waals surface area (Å²) in [5, 5.41) is 10.6. The molecule has 1 aromatic heterocycles. The summed E-state index contributed by atoms with van der Waals surface area (Å²) in [6.07, 6.45) is 1.22. The monoisotopic (exact) mass is 278 g/mol. The summed E-state index contributed by atoms with van der Waals surface area (Å²) in [6.45, 7) is -0.102. The van der Waals surface area contributed by atoms with Crippen LogP contribution in [0.25, 0.3) is 0 Å². The zero-order valence-electron chi connectivity index (χ0n) is 10.6. The highest BCUT2D eigenvalue weighted by Crippen LogP contribution is 2.16. The number of benzene rings is 1. The number of hydrogen-bond donors (Lipinski definition) is 0. The van der Waals surface area contributed by atoms with E-state index in [0.29, 0.717) is 5.56 Å². The molecule has 1 aromatic carbocycles. The number of carbonyl (C=O) groups excluding carboxylic acids is 1. The second-order valence-electron chi connectivity index (χ2n) is 4.16. The summed E-state index contributed by atoms with van der Waals surface area (Å²) in [4.78, 5) is 21.8. The highest BCUT2D eigenvalue weighted by atomic mass is 19.1. The van der Waals surface area contributed by atoms with E-state index < -0.39 is 16.7 Å². The van der Waals surface area contributed by atoms with Crippen LogP contribution >= 0.6 is 0 Å². The Morgan fingerprint density at radius 3 is 2.80 bits per heavy atom. The van der Waals surface area contributed by atoms with Gasteiger partial charge in [0.1, 0.15) is 18.1 Å². The summed E-state index contributed by atoms with van der Waals surface area (Å²) in [7, 11) is 1.51. The van der Waals surface area contributed by atoms with Crippen molar-refractivity contribution in [2.24, 2.45) is 7.05 Å². The Hall–Kier alpha value is -2.70. The van der Waals surface area contributed by atoms with E-state index in [4.69, 9.17) is 4.74 Å². The van der Waals surface area contributed by atoms with Crippen LogP contribution in [0, 0.1) is 15.9 Å². The van der Waals surface area contributed by atoms with Crippen LogP contribution in [0.1, 0.15) is 16.1 Å². The summed E-state index contributed by atoms with van der Waals surface area (Å²) < 4.78 is 19.3. The molecular formula is C13H11FN2O4. The average Bonchev–Trinajstić information content (AvgIpc) is 2.78. The molecule has 104 valence electrons. The average molecular weight is 278 g/mol. The molecule has 0 N–H and O–H groups in total. The van der Waals surface area contributed by atoms with E-state index in [2.05, 4.69) is 0 Å². The number of esters is 1. The number of rotatable bonds is 4. The Balaban J connectivity index is 2.07. The second-order valence-corrected chi connectivity index (χ2v) is 4.16. The quantitative estimate of drug-likeness (QED) is 0.489. The van der Waals surface area contributed by atoms with Crippen LogP contribution < -0.4 is 0 Å². The van der Waals surface area contributed by atoms with Gasteiger partial charge in [-0.3, -0.25) is 10.1 Å². The van der Waals surface area contributed by atoms with Crippen LogP contribution in [0.4, 0.5) is 10.1 Å². The van der Waals surface area contributed by atoms with Crippen LogP contribution in [-0.2, 0) is 18.4 Å². The number of aryl methyl sites for hydroxylation is 1. The molecule has 7 heteroatoms. The molecule has 20 heavy (non-hydrogen) atoms. The van der Waals surface area contributed by atoms with Crippen molar-refractivity contribution in [3.05, 3.63) is 63.7 Å². The van der Waals surface area contributed by atoms with Crippen molar-refractivity contribution in [1.82, 2.24) is 4.57 Å². The molecule has 0 bridgehead atoms. The maximum absolute atomic E-state index is 13.0. The number of ether oxygens (including phenoxy) is 1. The lowest BCUT2D eigenvalue weighted by molar-refractivity contribution is -0.384. The predicted molar refractivity (Wildman–Crippen MR) is 67.6 cm³/mol. The first-order chi connectivity index (χ1) is 9.47. The van der Waals surface area contributed by atoms with Crippen molar-refractivity contribution in [1.29, 1.82) is 0 Å². The van der Waals surface area contributed by atoms with Crippen LogP contribution in [0.5, 0.6) is 0 Å².